The van der Waals surface area contributed by atoms with Gasteiger partial charge < -0.3 is 11.1 Å². The lowest BCUT2D eigenvalue weighted by molar-refractivity contribution is -0.115. The van der Waals surface area contributed by atoms with Crippen molar-refractivity contribution in [1.82, 2.24) is 4.98 Å². The number of rotatable bonds is 4. The number of aromatic nitrogens is 1. The molecule has 0 atom stereocenters. The third-order valence-electron chi connectivity index (χ3n) is 2.22. The number of halogens is 1. The van der Waals surface area contributed by atoms with Crippen LogP contribution in [-0.2, 0) is 17.8 Å². The van der Waals surface area contributed by atoms with E-state index in [1.54, 1.807) is 17.5 Å². The van der Waals surface area contributed by atoms with E-state index in [4.69, 9.17) is 5.73 Å². The molecule has 4 nitrogen and oxygen atoms in total. The van der Waals surface area contributed by atoms with Gasteiger partial charge >= 0.3 is 0 Å². The van der Waals surface area contributed by atoms with E-state index in [2.05, 4.69) is 10.3 Å². The van der Waals surface area contributed by atoms with Crippen molar-refractivity contribution in [2.75, 3.05) is 5.32 Å². The number of nitrogens with two attached hydrogens (primary N) is 1. The number of nitrogens with zero attached hydrogens (tertiary/aromatic N) is 1. The number of hydrogen-bond donors (Lipinski definition) is 2. The van der Waals surface area contributed by atoms with Crippen molar-refractivity contribution in [3.63, 3.8) is 0 Å². The first-order chi connectivity index (χ1) is 8.67. The molecule has 1 aromatic carbocycles. The van der Waals surface area contributed by atoms with Crippen LogP contribution in [0.5, 0.6) is 0 Å². The van der Waals surface area contributed by atoms with Gasteiger partial charge in [0.25, 0.3) is 0 Å². The Labute approximate surface area is 108 Å². The average Bonchev–Trinajstić information content (AvgIpc) is 2.76. The molecule has 18 heavy (non-hydrogen) atoms. The van der Waals surface area contributed by atoms with Crippen LogP contribution in [0.25, 0.3) is 0 Å². The molecule has 0 aliphatic carbocycles. The fourth-order valence-electron chi connectivity index (χ4n) is 1.46. The zero-order valence-corrected chi connectivity index (χ0v) is 10.3. The van der Waals surface area contributed by atoms with E-state index in [0.717, 1.165) is 5.01 Å². The summed E-state index contributed by atoms with van der Waals surface area (Å²) in [5, 5.41) is 5.21. The standard InChI is InChI=1S/C12H12FN3OS/c13-8-2-1-3-9(4-8)15-11(17)5-10-7-18-12(6-14)16-10/h1-4,7H,5-6,14H2,(H,15,17). The fraction of sp³-hybridized carbons (Fsp3) is 0.167. The van der Waals surface area contributed by atoms with Gasteiger partial charge in [0.2, 0.25) is 5.91 Å². The second-order valence-electron chi connectivity index (χ2n) is 3.67. The van der Waals surface area contributed by atoms with Gasteiger partial charge in [0.05, 0.1) is 12.1 Å². The van der Waals surface area contributed by atoms with Crippen molar-refractivity contribution in [3.8, 4) is 0 Å². The molecule has 94 valence electrons. The van der Waals surface area contributed by atoms with E-state index in [-0.39, 0.29) is 18.1 Å². The number of nitrogens with one attached hydrogen (secondary N) is 1. The summed E-state index contributed by atoms with van der Waals surface area (Å²) in [6.45, 7) is 0.371. The molecule has 0 saturated carbocycles. The summed E-state index contributed by atoms with van der Waals surface area (Å²) in [7, 11) is 0. The number of benzene rings is 1. The second-order valence-corrected chi connectivity index (χ2v) is 4.61. The summed E-state index contributed by atoms with van der Waals surface area (Å²) in [6.07, 6.45) is 0.160. The number of amides is 1. The summed E-state index contributed by atoms with van der Waals surface area (Å²) >= 11 is 1.42. The topological polar surface area (TPSA) is 68.0 Å². The smallest absolute Gasteiger partial charge is 0.230 e. The lowest BCUT2D eigenvalue weighted by Crippen LogP contribution is -2.14. The molecule has 1 amide bonds. The van der Waals surface area contributed by atoms with E-state index >= 15 is 0 Å². The minimum atomic E-state index is -0.383. The quantitative estimate of drug-likeness (QED) is 0.887. The van der Waals surface area contributed by atoms with Crippen molar-refractivity contribution in [1.29, 1.82) is 0 Å². The van der Waals surface area contributed by atoms with Gasteiger partial charge in [-0.05, 0) is 18.2 Å². The van der Waals surface area contributed by atoms with Crippen LogP contribution >= 0.6 is 11.3 Å². The van der Waals surface area contributed by atoms with Gasteiger partial charge in [-0.1, -0.05) is 6.07 Å². The Bertz CT molecular complexity index is 556. The number of hydrogen-bond acceptors (Lipinski definition) is 4. The monoisotopic (exact) mass is 265 g/mol. The molecule has 0 fully saturated rings. The molecule has 2 aromatic rings. The number of carbonyl (C=O) groups is 1. The molecule has 0 bridgehead atoms. The Hall–Kier alpha value is -1.79. The van der Waals surface area contributed by atoms with E-state index in [1.807, 2.05) is 0 Å². The molecule has 6 heteroatoms. The minimum Gasteiger partial charge on any atom is -0.326 e. The zero-order chi connectivity index (χ0) is 13.0. The number of anilines is 1. The normalized spacial score (nSPS) is 10.3. The number of carbonyl (C=O) groups excluding carboxylic acids is 1. The molecule has 2 rings (SSSR count). The second kappa shape index (κ2) is 5.70. The van der Waals surface area contributed by atoms with Crippen LogP contribution in [0, 0.1) is 5.82 Å². The van der Waals surface area contributed by atoms with Gasteiger partial charge in [0.1, 0.15) is 10.8 Å². The summed E-state index contributed by atoms with van der Waals surface area (Å²) in [5.74, 6) is -0.610. The van der Waals surface area contributed by atoms with Crippen LogP contribution in [-0.4, -0.2) is 10.9 Å². The molecule has 0 spiro atoms. The highest BCUT2D eigenvalue weighted by Gasteiger charge is 2.07. The van der Waals surface area contributed by atoms with Crippen LogP contribution in [0.3, 0.4) is 0 Å². The van der Waals surface area contributed by atoms with Gasteiger partial charge in [-0.2, -0.15) is 0 Å². The molecule has 0 radical (unpaired) electrons. The highest BCUT2D eigenvalue weighted by molar-refractivity contribution is 7.09. The zero-order valence-electron chi connectivity index (χ0n) is 9.52. The summed E-state index contributed by atoms with van der Waals surface area (Å²) in [6, 6.07) is 5.77. The summed E-state index contributed by atoms with van der Waals surface area (Å²) < 4.78 is 12.9. The van der Waals surface area contributed by atoms with Gasteiger partial charge in [-0.15, -0.1) is 11.3 Å². The predicted molar refractivity (Wildman–Crippen MR) is 68.7 cm³/mol. The lowest BCUT2D eigenvalue weighted by atomic mass is 10.3. The molecular formula is C12H12FN3OS. The molecule has 1 aromatic heterocycles. The van der Waals surface area contributed by atoms with Crippen LogP contribution < -0.4 is 11.1 Å². The largest absolute Gasteiger partial charge is 0.326 e. The van der Waals surface area contributed by atoms with Crippen LogP contribution in [0.15, 0.2) is 29.6 Å². The first kappa shape index (κ1) is 12.7. The van der Waals surface area contributed by atoms with E-state index in [1.165, 1.54) is 23.5 Å². The summed E-state index contributed by atoms with van der Waals surface area (Å²) in [5.41, 5.74) is 6.55. The molecule has 0 unspecified atom stereocenters. The SMILES string of the molecule is NCc1nc(CC(=O)Nc2cccc(F)c2)cs1. The van der Waals surface area contributed by atoms with Crippen molar-refractivity contribution in [3.05, 3.63) is 46.2 Å². The maximum Gasteiger partial charge on any atom is 0.230 e. The van der Waals surface area contributed by atoms with Crippen LogP contribution in [0.2, 0.25) is 0 Å². The van der Waals surface area contributed by atoms with Crippen LogP contribution in [0.4, 0.5) is 10.1 Å². The van der Waals surface area contributed by atoms with Crippen molar-refractivity contribution >= 4 is 22.9 Å². The number of thiazole rings is 1. The lowest BCUT2D eigenvalue weighted by Gasteiger charge is -2.03. The fourth-order valence-corrected chi connectivity index (χ4v) is 2.13. The molecule has 1 heterocycles. The maximum absolute atomic E-state index is 12.9. The van der Waals surface area contributed by atoms with Crippen LogP contribution in [0.1, 0.15) is 10.7 Å². The van der Waals surface area contributed by atoms with E-state index in [9.17, 15) is 9.18 Å². The van der Waals surface area contributed by atoms with Gasteiger partial charge in [-0.3, -0.25) is 4.79 Å². The molecular weight excluding hydrogens is 253 g/mol. The Balaban J connectivity index is 1.96. The molecule has 0 saturated heterocycles. The Kier molecular flexibility index (Phi) is 4.01. The highest BCUT2D eigenvalue weighted by Crippen LogP contribution is 2.12. The van der Waals surface area contributed by atoms with Gasteiger partial charge in [0.15, 0.2) is 0 Å². The first-order valence-electron chi connectivity index (χ1n) is 5.36. The molecule has 3 N–H and O–H groups in total. The molecule has 0 aliphatic rings. The van der Waals surface area contributed by atoms with Gasteiger partial charge in [0, 0.05) is 17.6 Å². The van der Waals surface area contributed by atoms with E-state index < -0.39 is 0 Å². The first-order valence-corrected chi connectivity index (χ1v) is 6.24. The third kappa shape index (κ3) is 3.35. The Morgan fingerprint density at radius 1 is 1.50 bits per heavy atom. The highest BCUT2D eigenvalue weighted by atomic mass is 32.1. The summed E-state index contributed by atoms with van der Waals surface area (Å²) in [4.78, 5) is 15.9. The minimum absolute atomic E-state index is 0.160. The Morgan fingerprint density at radius 3 is 3.00 bits per heavy atom. The van der Waals surface area contributed by atoms with Crippen molar-refractivity contribution in [2.24, 2.45) is 5.73 Å². The Morgan fingerprint density at radius 2 is 2.33 bits per heavy atom. The van der Waals surface area contributed by atoms with Crippen molar-refractivity contribution in [2.45, 2.75) is 13.0 Å². The molecule has 0 aliphatic heterocycles. The predicted octanol–water partition coefficient (Wildman–Crippen LogP) is 1.92. The third-order valence-corrected chi connectivity index (χ3v) is 3.14. The van der Waals surface area contributed by atoms with Crippen molar-refractivity contribution < 1.29 is 9.18 Å². The maximum atomic E-state index is 12.9. The van der Waals surface area contributed by atoms with Gasteiger partial charge in [-0.25, -0.2) is 9.37 Å². The van der Waals surface area contributed by atoms with E-state index in [0.29, 0.717) is 17.9 Å². The average molecular weight is 265 g/mol.